The van der Waals surface area contributed by atoms with E-state index in [1.54, 1.807) is 7.05 Å². The van der Waals surface area contributed by atoms with Crippen LogP contribution in [0.2, 0.25) is 0 Å². The van der Waals surface area contributed by atoms with E-state index in [0.29, 0.717) is 11.9 Å². The molecular formula is C18H19F2N3. The zero-order valence-corrected chi connectivity index (χ0v) is 12.9. The van der Waals surface area contributed by atoms with Crippen LogP contribution in [0, 0.1) is 11.6 Å². The minimum absolute atomic E-state index is 0.185. The number of hydrogen-bond donors (Lipinski definition) is 2. The van der Waals surface area contributed by atoms with Gasteiger partial charge in [-0.15, -0.1) is 0 Å². The van der Waals surface area contributed by atoms with Crippen LogP contribution in [0.4, 0.5) is 8.78 Å². The first-order chi connectivity index (χ1) is 11.2. The average Bonchev–Trinajstić information content (AvgIpc) is 2.54. The van der Waals surface area contributed by atoms with Crippen molar-refractivity contribution >= 4 is 5.96 Å². The third-order valence-electron chi connectivity index (χ3n) is 4.15. The third kappa shape index (κ3) is 3.50. The molecule has 0 aliphatic heterocycles. The highest BCUT2D eigenvalue weighted by molar-refractivity contribution is 5.79. The highest BCUT2D eigenvalue weighted by atomic mass is 19.1. The molecule has 5 heteroatoms. The summed E-state index contributed by atoms with van der Waals surface area (Å²) in [5.74, 6) is 0.174. The Kier molecular flexibility index (Phi) is 4.55. The summed E-state index contributed by atoms with van der Waals surface area (Å²) in [5.41, 5.74) is 3.04. The zero-order valence-electron chi connectivity index (χ0n) is 12.9. The Morgan fingerprint density at radius 3 is 2.78 bits per heavy atom. The van der Waals surface area contributed by atoms with E-state index in [1.165, 1.54) is 17.2 Å². The van der Waals surface area contributed by atoms with Gasteiger partial charge in [0, 0.05) is 31.6 Å². The average molecular weight is 315 g/mol. The molecule has 3 nitrogen and oxygen atoms in total. The predicted molar refractivity (Wildman–Crippen MR) is 87.4 cm³/mol. The van der Waals surface area contributed by atoms with Crippen LogP contribution in [0.15, 0.2) is 47.5 Å². The monoisotopic (exact) mass is 315 g/mol. The van der Waals surface area contributed by atoms with Crippen molar-refractivity contribution in [2.45, 2.75) is 18.9 Å². The van der Waals surface area contributed by atoms with Gasteiger partial charge < -0.3 is 10.6 Å². The topological polar surface area (TPSA) is 36.4 Å². The summed E-state index contributed by atoms with van der Waals surface area (Å²) < 4.78 is 26.8. The Morgan fingerprint density at radius 1 is 1.17 bits per heavy atom. The number of halogens is 2. The molecule has 0 saturated carbocycles. The SMILES string of the molecule is CN=C(NCc1cc(F)ccc1F)NCC1Cc2ccccc21. The summed E-state index contributed by atoms with van der Waals surface area (Å²) in [6, 6.07) is 11.8. The Hall–Kier alpha value is -2.43. The molecule has 23 heavy (non-hydrogen) atoms. The molecule has 0 radical (unpaired) electrons. The molecule has 1 aliphatic rings. The quantitative estimate of drug-likeness (QED) is 0.672. The number of guanidine groups is 1. The van der Waals surface area contributed by atoms with Crippen molar-refractivity contribution < 1.29 is 8.78 Å². The molecule has 3 rings (SSSR count). The molecule has 120 valence electrons. The summed E-state index contributed by atoms with van der Waals surface area (Å²) in [5, 5.41) is 6.25. The van der Waals surface area contributed by atoms with Crippen LogP contribution in [0.5, 0.6) is 0 Å². The number of nitrogens with zero attached hydrogens (tertiary/aromatic N) is 1. The van der Waals surface area contributed by atoms with Crippen LogP contribution in [0.25, 0.3) is 0 Å². The van der Waals surface area contributed by atoms with E-state index in [1.807, 2.05) is 6.07 Å². The number of aliphatic imine (C=N–C) groups is 1. The normalized spacial score (nSPS) is 16.5. The van der Waals surface area contributed by atoms with Crippen molar-refractivity contribution in [3.05, 3.63) is 70.8 Å². The minimum atomic E-state index is -0.447. The lowest BCUT2D eigenvalue weighted by Gasteiger charge is -2.30. The van der Waals surface area contributed by atoms with E-state index < -0.39 is 11.6 Å². The molecule has 2 N–H and O–H groups in total. The highest BCUT2D eigenvalue weighted by Crippen LogP contribution is 2.33. The fraction of sp³-hybridized carbons (Fsp3) is 0.278. The molecule has 2 aromatic carbocycles. The predicted octanol–water partition coefficient (Wildman–Crippen LogP) is 2.97. The Bertz CT molecular complexity index is 728. The van der Waals surface area contributed by atoms with E-state index >= 15 is 0 Å². The first-order valence-corrected chi connectivity index (χ1v) is 7.63. The number of benzene rings is 2. The number of hydrogen-bond acceptors (Lipinski definition) is 1. The van der Waals surface area contributed by atoms with E-state index in [2.05, 4.69) is 33.8 Å². The van der Waals surface area contributed by atoms with Gasteiger partial charge in [0.2, 0.25) is 0 Å². The van der Waals surface area contributed by atoms with Gasteiger partial charge in [-0.05, 0) is 35.7 Å². The lowest BCUT2D eigenvalue weighted by Crippen LogP contribution is -2.40. The molecule has 0 amide bonds. The Labute approximate surface area is 134 Å². The number of nitrogens with one attached hydrogen (secondary N) is 2. The molecule has 0 heterocycles. The molecule has 1 atom stereocenters. The van der Waals surface area contributed by atoms with Crippen molar-refractivity contribution in [3.63, 3.8) is 0 Å². The van der Waals surface area contributed by atoms with Gasteiger partial charge in [-0.25, -0.2) is 8.78 Å². The van der Waals surface area contributed by atoms with Crippen molar-refractivity contribution in [1.29, 1.82) is 0 Å². The van der Waals surface area contributed by atoms with E-state index in [4.69, 9.17) is 0 Å². The van der Waals surface area contributed by atoms with Crippen molar-refractivity contribution in [3.8, 4) is 0 Å². The van der Waals surface area contributed by atoms with Gasteiger partial charge in [0.15, 0.2) is 5.96 Å². The van der Waals surface area contributed by atoms with Crippen LogP contribution in [0.3, 0.4) is 0 Å². The third-order valence-corrected chi connectivity index (χ3v) is 4.15. The van der Waals surface area contributed by atoms with Crippen LogP contribution >= 0.6 is 0 Å². The van der Waals surface area contributed by atoms with Gasteiger partial charge >= 0.3 is 0 Å². The largest absolute Gasteiger partial charge is 0.356 e. The van der Waals surface area contributed by atoms with Crippen LogP contribution in [0.1, 0.15) is 22.6 Å². The smallest absolute Gasteiger partial charge is 0.191 e. The van der Waals surface area contributed by atoms with Crippen LogP contribution in [-0.2, 0) is 13.0 Å². The van der Waals surface area contributed by atoms with Crippen molar-refractivity contribution in [2.75, 3.05) is 13.6 Å². The first-order valence-electron chi connectivity index (χ1n) is 7.63. The maximum atomic E-state index is 13.6. The summed E-state index contributed by atoms with van der Waals surface area (Å²) >= 11 is 0. The maximum absolute atomic E-state index is 13.6. The minimum Gasteiger partial charge on any atom is -0.356 e. The first kappa shape index (κ1) is 15.5. The van der Waals surface area contributed by atoms with E-state index in [0.717, 1.165) is 25.1 Å². The Morgan fingerprint density at radius 2 is 2.00 bits per heavy atom. The van der Waals surface area contributed by atoms with Gasteiger partial charge in [-0.2, -0.15) is 0 Å². The maximum Gasteiger partial charge on any atom is 0.191 e. The lowest BCUT2D eigenvalue weighted by molar-refractivity contribution is 0.573. The zero-order chi connectivity index (χ0) is 16.2. The molecule has 0 aromatic heterocycles. The van der Waals surface area contributed by atoms with E-state index in [-0.39, 0.29) is 12.1 Å². The van der Waals surface area contributed by atoms with Crippen molar-refractivity contribution in [2.24, 2.45) is 4.99 Å². The molecule has 2 aromatic rings. The van der Waals surface area contributed by atoms with Gasteiger partial charge in [0.1, 0.15) is 11.6 Å². The fourth-order valence-corrected chi connectivity index (χ4v) is 2.84. The second-order valence-corrected chi connectivity index (χ2v) is 5.64. The number of fused-ring (bicyclic) bond motifs is 1. The van der Waals surface area contributed by atoms with Crippen molar-refractivity contribution in [1.82, 2.24) is 10.6 Å². The van der Waals surface area contributed by atoms with Crippen LogP contribution in [-0.4, -0.2) is 19.6 Å². The van der Waals surface area contributed by atoms with Gasteiger partial charge in [-0.1, -0.05) is 24.3 Å². The molecule has 0 spiro atoms. The second-order valence-electron chi connectivity index (χ2n) is 5.64. The highest BCUT2D eigenvalue weighted by Gasteiger charge is 2.25. The van der Waals surface area contributed by atoms with Crippen LogP contribution < -0.4 is 10.6 Å². The molecular weight excluding hydrogens is 296 g/mol. The second kappa shape index (κ2) is 6.77. The molecule has 0 bridgehead atoms. The summed E-state index contributed by atoms with van der Waals surface area (Å²) in [6.45, 7) is 0.951. The van der Waals surface area contributed by atoms with Gasteiger partial charge in [-0.3, -0.25) is 4.99 Å². The fourth-order valence-electron chi connectivity index (χ4n) is 2.84. The standard InChI is InChI=1S/C18H19F2N3/c1-21-18(23-11-14-9-15(19)6-7-17(14)20)22-10-13-8-12-4-2-3-5-16(12)13/h2-7,9,13H,8,10-11H2,1H3,(H2,21,22,23). The number of rotatable bonds is 4. The summed E-state index contributed by atoms with van der Waals surface area (Å²) in [7, 11) is 1.66. The summed E-state index contributed by atoms with van der Waals surface area (Å²) in [6.07, 6.45) is 1.05. The molecule has 1 unspecified atom stereocenters. The lowest BCUT2D eigenvalue weighted by atomic mass is 9.78. The molecule has 1 aliphatic carbocycles. The molecule has 0 saturated heterocycles. The Balaban J connectivity index is 1.52. The molecule has 0 fully saturated rings. The van der Waals surface area contributed by atoms with Gasteiger partial charge in [0.25, 0.3) is 0 Å². The van der Waals surface area contributed by atoms with E-state index in [9.17, 15) is 8.78 Å². The van der Waals surface area contributed by atoms with Gasteiger partial charge in [0.05, 0.1) is 0 Å². The summed E-state index contributed by atoms with van der Waals surface area (Å²) in [4.78, 5) is 4.12.